The van der Waals surface area contributed by atoms with Crippen LogP contribution in [-0.4, -0.2) is 58.2 Å². The highest BCUT2D eigenvalue weighted by Crippen LogP contribution is 2.25. The van der Waals surface area contributed by atoms with Gasteiger partial charge in [-0.2, -0.15) is 5.10 Å². The van der Waals surface area contributed by atoms with E-state index in [1.807, 2.05) is 28.9 Å². The maximum atomic E-state index is 13.4. The van der Waals surface area contributed by atoms with Crippen LogP contribution in [-0.2, 0) is 13.0 Å². The lowest BCUT2D eigenvalue weighted by Gasteiger charge is -2.34. The summed E-state index contributed by atoms with van der Waals surface area (Å²) < 4.78 is 1.93. The van der Waals surface area contributed by atoms with Crippen molar-refractivity contribution in [2.45, 2.75) is 32.2 Å². The van der Waals surface area contributed by atoms with Crippen LogP contribution in [0.4, 0.5) is 0 Å². The first-order valence-corrected chi connectivity index (χ1v) is 11.3. The maximum absolute atomic E-state index is 13.4. The van der Waals surface area contributed by atoms with Gasteiger partial charge >= 0.3 is 0 Å². The quantitative estimate of drug-likeness (QED) is 0.651. The van der Waals surface area contributed by atoms with Crippen molar-refractivity contribution in [1.82, 2.24) is 19.6 Å². The van der Waals surface area contributed by atoms with Gasteiger partial charge in [-0.05, 0) is 56.3 Å². The molecule has 30 heavy (non-hydrogen) atoms. The number of amides is 1. The van der Waals surface area contributed by atoms with Crippen LogP contribution in [0.1, 0.15) is 35.3 Å². The van der Waals surface area contributed by atoms with Gasteiger partial charge in [-0.1, -0.05) is 48.5 Å². The summed E-state index contributed by atoms with van der Waals surface area (Å²) >= 11 is 0. The van der Waals surface area contributed by atoms with Gasteiger partial charge in [0.05, 0.1) is 5.52 Å². The van der Waals surface area contributed by atoms with Gasteiger partial charge in [0.25, 0.3) is 5.91 Å². The van der Waals surface area contributed by atoms with Crippen molar-refractivity contribution in [3.05, 3.63) is 65.9 Å². The van der Waals surface area contributed by atoms with E-state index in [2.05, 4.69) is 45.2 Å². The number of benzene rings is 2. The van der Waals surface area contributed by atoms with Gasteiger partial charge < -0.3 is 9.80 Å². The van der Waals surface area contributed by atoms with Crippen molar-refractivity contribution >= 4 is 16.8 Å². The fraction of sp³-hybridized carbons (Fsp3) is 0.440. The fourth-order valence-electron chi connectivity index (χ4n) is 4.94. The molecule has 0 radical (unpaired) electrons. The highest BCUT2D eigenvalue weighted by atomic mass is 16.2. The van der Waals surface area contributed by atoms with Crippen molar-refractivity contribution in [3.8, 4) is 0 Å². The Kier molecular flexibility index (Phi) is 5.54. The lowest BCUT2D eigenvalue weighted by Crippen LogP contribution is -2.41. The van der Waals surface area contributed by atoms with Crippen LogP contribution in [0.2, 0.25) is 0 Å². The predicted octanol–water partition coefficient (Wildman–Crippen LogP) is 3.84. The second kappa shape index (κ2) is 8.60. The summed E-state index contributed by atoms with van der Waals surface area (Å²) in [6.45, 7) is 5.95. The summed E-state index contributed by atoms with van der Waals surface area (Å²) in [5.41, 5.74) is 3.12. The highest BCUT2D eigenvalue weighted by molar-refractivity contribution is 6.05. The molecule has 3 aromatic rings. The third kappa shape index (κ3) is 3.99. The number of carbonyl (C=O) groups is 1. The third-order valence-electron chi connectivity index (χ3n) is 6.68. The number of hydrogen-bond acceptors (Lipinski definition) is 3. The molecule has 5 rings (SSSR count). The molecule has 0 atom stereocenters. The largest absolute Gasteiger partial charge is 0.337 e. The van der Waals surface area contributed by atoms with E-state index in [4.69, 9.17) is 0 Å². The Hall–Kier alpha value is -2.66. The second-order valence-corrected chi connectivity index (χ2v) is 8.71. The third-order valence-corrected chi connectivity index (χ3v) is 6.68. The Morgan fingerprint density at radius 1 is 0.900 bits per heavy atom. The molecule has 0 saturated carbocycles. The zero-order valence-electron chi connectivity index (χ0n) is 17.5. The molecule has 0 bridgehead atoms. The minimum Gasteiger partial charge on any atom is -0.337 e. The van der Waals surface area contributed by atoms with E-state index in [0.717, 1.165) is 68.7 Å². The van der Waals surface area contributed by atoms with Crippen LogP contribution in [0, 0.1) is 5.92 Å². The van der Waals surface area contributed by atoms with E-state index in [1.165, 1.54) is 18.4 Å². The molecule has 1 aromatic heterocycles. The summed E-state index contributed by atoms with van der Waals surface area (Å²) in [6, 6.07) is 18.8. The number of rotatable bonds is 5. The number of fused-ring (bicyclic) bond motifs is 3. The molecular weight excluding hydrogens is 372 g/mol. The summed E-state index contributed by atoms with van der Waals surface area (Å²) in [5, 5.41) is 5.65. The Balaban J connectivity index is 1.19. The first kappa shape index (κ1) is 19.3. The van der Waals surface area contributed by atoms with Crippen molar-refractivity contribution in [2.75, 3.05) is 32.7 Å². The Morgan fingerprint density at radius 3 is 2.50 bits per heavy atom. The first-order chi connectivity index (χ1) is 14.8. The van der Waals surface area contributed by atoms with Crippen LogP contribution in [0.25, 0.3) is 10.9 Å². The molecule has 5 heteroatoms. The highest BCUT2D eigenvalue weighted by Gasteiger charge is 2.29. The topological polar surface area (TPSA) is 41.4 Å². The van der Waals surface area contributed by atoms with E-state index in [-0.39, 0.29) is 5.91 Å². The van der Waals surface area contributed by atoms with Crippen molar-refractivity contribution in [2.24, 2.45) is 5.92 Å². The van der Waals surface area contributed by atoms with Gasteiger partial charge in [0.15, 0.2) is 0 Å². The smallest absolute Gasteiger partial charge is 0.272 e. The van der Waals surface area contributed by atoms with Crippen LogP contribution >= 0.6 is 0 Å². The summed E-state index contributed by atoms with van der Waals surface area (Å²) in [7, 11) is 0. The van der Waals surface area contributed by atoms with Gasteiger partial charge in [-0.3, -0.25) is 9.48 Å². The summed E-state index contributed by atoms with van der Waals surface area (Å²) in [5.74, 6) is 0.760. The maximum Gasteiger partial charge on any atom is 0.272 e. The molecule has 2 aliphatic rings. The molecule has 0 spiro atoms. The molecule has 1 amide bonds. The lowest BCUT2D eigenvalue weighted by atomic mass is 9.95. The molecule has 2 aliphatic heterocycles. The van der Waals surface area contributed by atoms with E-state index in [1.54, 1.807) is 0 Å². The van der Waals surface area contributed by atoms with Gasteiger partial charge in [0.1, 0.15) is 5.69 Å². The minimum absolute atomic E-state index is 0.160. The average molecular weight is 403 g/mol. The first-order valence-electron chi connectivity index (χ1n) is 11.3. The number of hydrogen-bond donors (Lipinski definition) is 0. The monoisotopic (exact) mass is 402 g/mol. The number of aryl methyl sites for hydroxylation is 1. The van der Waals surface area contributed by atoms with E-state index >= 15 is 0 Å². The molecule has 3 heterocycles. The molecule has 0 aliphatic carbocycles. The van der Waals surface area contributed by atoms with Gasteiger partial charge in [0.2, 0.25) is 0 Å². The van der Waals surface area contributed by atoms with Crippen molar-refractivity contribution in [3.63, 3.8) is 0 Å². The number of likely N-dealkylation sites (tertiary alicyclic amines) is 1. The molecule has 2 aromatic carbocycles. The van der Waals surface area contributed by atoms with E-state index in [0.29, 0.717) is 5.92 Å². The number of carbonyl (C=O) groups excluding carboxylic acids is 1. The van der Waals surface area contributed by atoms with Crippen LogP contribution in [0.3, 0.4) is 0 Å². The van der Waals surface area contributed by atoms with Crippen molar-refractivity contribution < 1.29 is 4.79 Å². The van der Waals surface area contributed by atoms with Crippen molar-refractivity contribution in [1.29, 1.82) is 0 Å². The Morgan fingerprint density at radius 2 is 1.67 bits per heavy atom. The van der Waals surface area contributed by atoms with Gasteiger partial charge in [-0.15, -0.1) is 0 Å². The zero-order chi connectivity index (χ0) is 20.3. The standard InChI is InChI=1S/C25H30N4O/c30-25-24-22-9-4-5-10-23(22)26-29(24)15-6-14-28(25)19-21-12-17-27(18-13-21)16-11-20-7-2-1-3-8-20/h1-5,7-10,21H,6,11-19H2. The molecule has 1 saturated heterocycles. The molecule has 0 N–H and O–H groups in total. The van der Waals surface area contributed by atoms with Gasteiger partial charge in [0, 0.05) is 31.6 Å². The average Bonchev–Trinajstić information content (AvgIpc) is 3.09. The normalized spacial score (nSPS) is 18.5. The second-order valence-electron chi connectivity index (χ2n) is 8.71. The van der Waals surface area contributed by atoms with Crippen LogP contribution in [0.15, 0.2) is 54.6 Å². The number of nitrogens with zero attached hydrogens (tertiary/aromatic N) is 4. The summed E-state index contributed by atoms with van der Waals surface area (Å²) in [4.78, 5) is 18.0. The Labute approximate surface area is 178 Å². The van der Waals surface area contributed by atoms with Crippen LogP contribution in [0.5, 0.6) is 0 Å². The zero-order valence-corrected chi connectivity index (χ0v) is 17.5. The molecule has 0 unspecified atom stereocenters. The number of piperidine rings is 1. The molecule has 156 valence electrons. The minimum atomic E-state index is 0.160. The Bertz CT molecular complexity index is 1000. The molecular formula is C25H30N4O. The lowest BCUT2D eigenvalue weighted by molar-refractivity contribution is 0.0695. The van der Waals surface area contributed by atoms with Crippen LogP contribution < -0.4 is 0 Å². The van der Waals surface area contributed by atoms with E-state index in [9.17, 15) is 4.79 Å². The number of aromatic nitrogens is 2. The fourth-order valence-corrected chi connectivity index (χ4v) is 4.94. The van der Waals surface area contributed by atoms with E-state index < -0.39 is 0 Å². The summed E-state index contributed by atoms with van der Waals surface area (Å²) in [6.07, 6.45) is 4.45. The molecule has 1 fully saturated rings. The SMILES string of the molecule is O=C1c2c3ccccc3nn2CCCN1CC1CCN(CCc2ccccc2)CC1. The van der Waals surface area contributed by atoms with Gasteiger partial charge in [-0.25, -0.2) is 0 Å². The predicted molar refractivity (Wildman–Crippen MR) is 120 cm³/mol. The molecule has 5 nitrogen and oxygen atoms in total.